The van der Waals surface area contributed by atoms with Crippen LogP contribution in [0.15, 0.2) is 24.3 Å². The highest BCUT2D eigenvalue weighted by molar-refractivity contribution is 5.94. The minimum Gasteiger partial charge on any atom is -0.491 e. The molecule has 3 nitrogen and oxygen atoms in total. The molecule has 1 N–H and O–H groups in total. The maximum atomic E-state index is 12.3. The Morgan fingerprint density at radius 1 is 0.833 bits per heavy atom. The molecule has 0 heterocycles. The number of carbonyl (C=O) groups is 1. The quantitative estimate of drug-likeness (QED) is 0.231. The van der Waals surface area contributed by atoms with Gasteiger partial charge in [-0.05, 0) is 38.0 Å². The largest absolute Gasteiger partial charge is 0.491 e. The lowest BCUT2D eigenvalue weighted by Crippen LogP contribution is -2.24. The van der Waals surface area contributed by atoms with Gasteiger partial charge in [0.15, 0.2) is 0 Å². The first-order valence-electron chi connectivity index (χ1n) is 12.7. The molecule has 0 aromatic heterocycles. The first-order chi connectivity index (χ1) is 14.7. The van der Waals surface area contributed by atoms with Gasteiger partial charge in [-0.2, -0.15) is 0 Å². The Balaban J connectivity index is 1.97. The van der Waals surface area contributed by atoms with E-state index < -0.39 is 0 Å². The highest BCUT2D eigenvalue weighted by Gasteiger charge is 2.07. The summed E-state index contributed by atoms with van der Waals surface area (Å²) in [7, 11) is 0. The number of rotatable bonds is 19. The monoisotopic (exact) mass is 417 g/mol. The summed E-state index contributed by atoms with van der Waals surface area (Å²) < 4.78 is 5.81. The number of benzene rings is 1. The van der Waals surface area contributed by atoms with E-state index in [-0.39, 0.29) is 12.0 Å². The molecule has 0 fully saturated rings. The molecule has 1 unspecified atom stereocenters. The molecule has 0 radical (unpaired) electrons. The molecule has 0 aliphatic rings. The maximum absolute atomic E-state index is 12.3. The summed E-state index contributed by atoms with van der Waals surface area (Å²) in [6, 6.07) is 7.49. The average Bonchev–Trinajstić information content (AvgIpc) is 2.76. The molecule has 0 saturated carbocycles. The molecule has 0 aliphatic heterocycles. The van der Waals surface area contributed by atoms with Crippen LogP contribution in [0.3, 0.4) is 0 Å². The number of carbonyl (C=O) groups excluding carboxylic acids is 1. The van der Waals surface area contributed by atoms with E-state index >= 15 is 0 Å². The van der Waals surface area contributed by atoms with Crippen molar-refractivity contribution < 1.29 is 9.53 Å². The van der Waals surface area contributed by atoms with Gasteiger partial charge in [0, 0.05) is 12.1 Å². The predicted molar refractivity (Wildman–Crippen MR) is 129 cm³/mol. The molecule has 1 aromatic rings. The molecular formula is C27H47NO2. The van der Waals surface area contributed by atoms with Crippen molar-refractivity contribution in [2.75, 3.05) is 6.54 Å². The van der Waals surface area contributed by atoms with Crippen LogP contribution in [0, 0.1) is 0 Å². The Hall–Kier alpha value is -1.51. The SMILES string of the molecule is CCCCCCCCCCCCCCCCNC(=O)c1cccc(OC(C)CC)c1. The lowest BCUT2D eigenvalue weighted by molar-refractivity contribution is 0.0952. The van der Waals surface area contributed by atoms with Crippen LogP contribution in [0.5, 0.6) is 5.75 Å². The summed E-state index contributed by atoms with van der Waals surface area (Å²) in [5.74, 6) is 0.771. The van der Waals surface area contributed by atoms with Crippen molar-refractivity contribution in [2.24, 2.45) is 0 Å². The average molecular weight is 418 g/mol. The third-order valence-corrected chi connectivity index (χ3v) is 5.82. The van der Waals surface area contributed by atoms with Gasteiger partial charge < -0.3 is 10.1 Å². The van der Waals surface area contributed by atoms with Gasteiger partial charge in [0.05, 0.1) is 6.10 Å². The van der Waals surface area contributed by atoms with Crippen molar-refractivity contribution in [3.8, 4) is 5.75 Å². The first-order valence-corrected chi connectivity index (χ1v) is 12.7. The summed E-state index contributed by atoms with van der Waals surface area (Å²) in [5, 5.41) is 3.04. The Morgan fingerprint density at radius 2 is 1.37 bits per heavy atom. The smallest absolute Gasteiger partial charge is 0.251 e. The molecule has 0 aliphatic carbocycles. The van der Waals surface area contributed by atoms with Crippen LogP contribution >= 0.6 is 0 Å². The fraction of sp³-hybridized carbons (Fsp3) is 0.741. The summed E-state index contributed by atoms with van der Waals surface area (Å²) in [6.45, 7) is 7.17. The van der Waals surface area contributed by atoms with Crippen LogP contribution in [0.25, 0.3) is 0 Å². The van der Waals surface area contributed by atoms with Crippen molar-refractivity contribution in [1.29, 1.82) is 0 Å². The van der Waals surface area contributed by atoms with Gasteiger partial charge in [-0.1, -0.05) is 103 Å². The summed E-state index contributed by atoms with van der Waals surface area (Å²) in [6.07, 6.45) is 20.0. The number of amides is 1. The second kappa shape index (κ2) is 18.3. The van der Waals surface area contributed by atoms with E-state index in [2.05, 4.69) is 19.2 Å². The fourth-order valence-electron chi connectivity index (χ4n) is 3.65. The summed E-state index contributed by atoms with van der Waals surface area (Å²) >= 11 is 0. The third-order valence-electron chi connectivity index (χ3n) is 5.82. The zero-order valence-corrected chi connectivity index (χ0v) is 20.0. The predicted octanol–water partition coefficient (Wildman–Crippen LogP) is 8.08. The van der Waals surface area contributed by atoms with Crippen molar-refractivity contribution in [3.05, 3.63) is 29.8 Å². The van der Waals surface area contributed by atoms with Crippen molar-refractivity contribution >= 4 is 5.91 Å². The van der Waals surface area contributed by atoms with Crippen LogP contribution in [-0.4, -0.2) is 18.6 Å². The van der Waals surface area contributed by atoms with E-state index in [1.165, 1.54) is 83.5 Å². The second-order valence-corrected chi connectivity index (χ2v) is 8.72. The number of ether oxygens (including phenoxy) is 1. The molecule has 3 heteroatoms. The zero-order chi connectivity index (χ0) is 21.9. The molecule has 172 valence electrons. The zero-order valence-electron chi connectivity index (χ0n) is 20.0. The van der Waals surface area contributed by atoms with E-state index in [9.17, 15) is 4.79 Å². The van der Waals surface area contributed by atoms with E-state index in [0.717, 1.165) is 25.1 Å². The second-order valence-electron chi connectivity index (χ2n) is 8.72. The summed E-state index contributed by atoms with van der Waals surface area (Å²) in [5.41, 5.74) is 0.682. The van der Waals surface area contributed by atoms with Crippen LogP contribution in [0.1, 0.15) is 127 Å². The minimum absolute atomic E-state index is 0.000652. The third kappa shape index (κ3) is 13.7. The van der Waals surface area contributed by atoms with Gasteiger partial charge in [-0.15, -0.1) is 0 Å². The highest BCUT2D eigenvalue weighted by atomic mass is 16.5. The van der Waals surface area contributed by atoms with Crippen molar-refractivity contribution in [3.63, 3.8) is 0 Å². The van der Waals surface area contributed by atoms with Crippen molar-refractivity contribution in [1.82, 2.24) is 5.32 Å². The maximum Gasteiger partial charge on any atom is 0.251 e. The van der Waals surface area contributed by atoms with E-state index in [1.54, 1.807) is 0 Å². The fourth-order valence-corrected chi connectivity index (χ4v) is 3.65. The van der Waals surface area contributed by atoms with Crippen LogP contribution < -0.4 is 10.1 Å². The standard InChI is InChI=1S/C27H47NO2/c1-4-6-7-8-9-10-11-12-13-14-15-16-17-18-22-28-27(29)25-20-19-21-26(23-25)30-24(3)5-2/h19-21,23-24H,4-18,22H2,1-3H3,(H,28,29). The van der Waals surface area contributed by atoms with Gasteiger partial charge in [0.2, 0.25) is 0 Å². The van der Waals surface area contributed by atoms with Gasteiger partial charge >= 0.3 is 0 Å². The minimum atomic E-state index is -0.000652. The van der Waals surface area contributed by atoms with Gasteiger partial charge in [0.25, 0.3) is 5.91 Å². The molecule has 0 saturated heterocycles. The Bertz CT molecular complexity index is 543. The summed E-state index contributed by atoms with van der Waals surface area (Å²) in [4.78, 5) is 12.3. The van der Waals surface area contributed by atoms with Crippen molar-refractivity contribution in [2.45, 2.75) is 123 Å². The van der Waals surface area contributed by atoms with Crippen LogP contribution in [-0.2, 0) is 0 Å². The molecule has 1 amide bonds. The van der Waals surface area contributed by atoms with E-state index in [4.69, 9.17) is 4.74 Å². The molecule has 1 atom stereocenters. The molecular weight excluding hydrogens is 370 g/mol. The number of hydrogen-bond donors (Lipinski definition) is 1. The lowest BCUT2D eigenvalue weighted by Gasteiger charge is -2.13. The normalized spacial score (nSPS) is 12.0. The van der Waals surface area contributed by atoms with Crippen LogP contribution in [0.4, 0.5) is 0 Å². The molecule has 0 spiro atoms. The Kier molecular flexibility index (Phi) is 16.2. The van der Waals surface area contributed by atoms with E-state index in [0.29, 0.717) is 5.56 Å². The van der Waals surface area contributed by atoms with Crippen LogP contribution in [0.2, 0.25) is 0 Å². The lowest BCUT2D eigenvalue weighted by atomic mass is 10.0. The highest BCUT2D eigenvalue weighted by Crippen LogP contribution is 2.16. The van der Waals surface area contributed by atoms with Gasteiger partial charge in [-0.25, -0.2) is 0 Å². The van der Waals surface area contributed by atoms with Gasteiger partial charge in [-0.3, -0.25) is 4.79 Å². The number of nitrogens with one attached hydrogen (secondary N) is 1. The number of unbranched alkanes of at least 4 members (excludes halogenated alkanes) is 13. The number of hydrogen-bond acceptors (Lipinski definition) is 2. The van der Waals surface area contributed by atoms with Gasteiger partial charge in [0.1, 0.15) is 5.75 Å². The molecule has 30 heavy (non-hydrogen) atoms. The first kappa shape index (κ1) is 26.5. The molecule has 1 rings (SSSR count). The Labute approximate surface area is 186 Å². The molecule has 0 bridgehead atoms. The topological polar surface area (TPSA) is 38.3 Å². The van der Waals surface area contributed by atoms with E-state index in [1.807, 2.05) is 31.2 Å². The molecule has 1 aromatic carbocycles. The Morgan fingerprint density at radius 3 is 1.90 bits per heavy atom.